The van der Waals surface area contributed by atoms with Crippen molar-refractivity contribution in [3.63, 3.8) is 0 Å². The fourth-order valence-corrected chi connectivity index (χ4v) is 1.24. The molecule has 0 heterocycles. The van der Waals surface area contributed by atoms with Gasteiger partial charge in [-0.15, -0.1) is 0 Å². The van der Waals surface area contributed by atoms with Crippen LogP contribution in [0, 0.1) is 6.92 Å². The third-order valence-corrected chi connectivity index (χ3v) is 2.03. The Labute approximate surface area is 88.5 Å². The number of methoxy groups -OCH3 is 1. The average molecular weight is 206 g/mol. The van der Waals surface area contributed by atoms with Gasteiger partial charge in [-0.05, 0) is 36.3 Å². The number of ether oxygens (including phenoxy) is 1. The summed E-state index contributed by atoms with van der Waals surface area (Å²) in [6.45, 7) is 1.87. The van der Waals surface area contributed by atoms with Gasteiger partial charge in [0.25, 0.3) is 0 Å². The Hall–Kier alpha value is -1.97. The van der Waals surface area contributed by atoms with E-state index in [1.54, 1.807) is 19.3 Å². The van der Waals surface area contributed by atoms with Gasteiger partial charge in [0.2, 0.25) is 5.91 Å². The van der Waals surface area contributed by atoms with Gasteiger partial charge >= 0.3 is 0 Å². The van der Waals surface area contributed by atoms with Crippen LogP contribution < -0.4 is 16.2 Å². The lowest BCUT2D eigenvalue weighted by Gasteiger charge is -2.08. The fraction of sp³-hybridized carbons (Fsp3) is 0.182. The lowest BCUT2D eigenvalue weighted by molar-refractivity contribution is -0.113. The summed E-state index contributed by atoms with van der Waals surface area (Å²) in [6.07, 6.45) is 2.92. The summed E-state index contributed by atoms with van der Waals surface area (Å²) in [6, 6.07) is 3.61. The Morgan fingerprint density at radius 2 is 2.13 bits per heavy atom. The second-order valence-electron chi connectivity index (χ2n) is 3.19. The molecule has 4 N–H and O–H groups in total. The van der Waals surface area contributed by atoms with E-state index >= 15 is 0 Å². The molecule has 0 saturated heterocycles. The maximum absolute atomic E-state index is 10.6. The molecule has 15 heavy (non-hydrogen) atoms. The standard InChI is InChI=1S/C11H14N2O2/c1-7-5-8(3-4-10(12)14)6-9(15-2)11(7)13/h3-6H,13H2,1-2H3,(H2,12,14)/b4-3+. The van der Waals surface area contributed by atoms with Crippen molar-refractivity contribution in [1.29, 1.82) is 0 Å². The zero-order valence-corrected chi connectivity index (χ0v) is 8.78. The Bertz CT molecular complexity index is 411. The van der Waals surface area contributed by atoms with Crippen molar-refractivity contribution in [3.05, 3.63) is 29.3 Å². The van der Waals surface area contributed by atoms with Crippen molar-refractivity contribution in [2.45, 2.75) is 6.92 Å². The third kappa shape index (κ3) is 2.74. The molecule has 0 spiro atoms. The van der Waals surface area contributed by atoms with Crippen LogP contribution in [-0.2, 0) is 4.79 Å². The fourth-order valence-electron chi connectivity index (χ4n) is 1.24. The predicted molar refractivity (Wildman–Crippen MR) is 60.4 cm³/mol. The molecule has 0 atom stereocenters. The first-order chi connectivity index (χ1) is 7.04. The summed E-state index contributed by atoms with van der Waals surface area (Å²) >= 11 is 0. The summed E-state index contributed by atoms with van der Waals surface area (Å²) in [5.74, 6) is 0.113. The minimum absolute atomic E-state index is 0.483. The predicted octanol–water partition coefficient (Wildman–Crippen LogP) is 1.08. The molecule has 1 aromatic carbocycles. The Kier molecular flexibility index (Phi) is 3.33. The average Bonchev–Trinajstić information content (AvgIpc) is 2.19. The summed E-state index contributed by atoms with van der Waals surface area (Å²) in [7, 11) is 1.55. The monoisotopic (exact) mass is 206 g/mol. The number of hydrogen-bond donors (Lipinski definition) is 2. The molecule has 0 bridgehead atoms. The molecular formula is C11H14N2O2. The SMILES string of the molecule is COc1cc(/C=C/C(N)=O)cc(C)c1N. The van der Waals surface area contributed by atoms with Gasteiger partial charge in [-0.2, -0.15) is 0 Å². The number of carbonyl (C=O) groups excluding carboxylic acids is 1. The van der Waals surface area contributed by atoms with Gasteiger partial charge < -0.3 is 16.2 Å². The number of aryl methyl sites for hydroxylation is 1. The number of hydrogen-bond acceptors (Lipinski definition) is 3. The highest BCUT2D eigenvalue weighted by molar-refractivity contribution is 5.90. The molecule has 0 aliphatic carbocycles. The molecule has 0 fully saturated rings. The zero-order chi connectivity index (χ0) is 11.4. The molecule has 4 heteroatoms. The highest BCUT2D eigenvalue weighted by Gasteiger charge is 2.03. The topological polar surface area (TPSA) is 78.3 Å². The van der Waals surface area contributed by atoms with Gasteiger partial charge in [-0.25, -0.2) is 0 Å². The van der Waals surface area contributed by atoms with E-state index in [0.717, 1.165) is 11.1 Å². The van der Waals surface area contributed by atoms with E-state index in [4.69, 9.17) is 16.2 Å². The summed E-state index contributed by atoms with van der Waals surface area (Å²) < 4.78 is 5.10. The first-order valence-electron chi connectivity index (χ1n) is 4.46. The number of amides is 1. The number of anilines is 1. The molecule has 0 saturated carbocycles. The van der Waals surface area contributed by atoms with Crippen LogP contribution >= 0.6 is 0 Å². The van der Waals surface area contributed by atoms with E-state index in [1.807, 2.05) is 13.0 Å². The maximum Gasteiger partial charge on any atom is 0.241 e. The summed E-state index contributed by atoms with van der Waals surface area (Å²) in [5, 5.41) is 0. The first kappa shape index (κ1) is 11.1. The smallest absolute Gasteiger partial charge is 0.241 e. The van der Waals surface area contributed by atoms with Crippen LogP contribution in [0.15, 0.2) is 18.2 Å². The zero-order valence-electron chi connectivity index (χ0n) is 8.78. The molecular weight excluding hydrogens is 192 g/mol. The van der Waals surface area contributed by atoms with Gasteiger partial charge in [0.05, 0.1) is 12.8 Å². The van der Waals surface area contributed by atoms with E-state index < -0.39 is 5.91 Å². The molecule has 80 valence electrons. The molecule has 0 aliphatic rings. The number of carbonyl (C=O) groups is 1. The lowest BCUT2D eigenvalue weighted by atomic mass is 10.1. The third-order valence-electron chi connectivity index (χ3n) is 2.03. The second-order valence-corrected chi connectivity index (χ2v) is 3.19. The van der Waals surface area contributed by atoms with Gasteiger partial charge in [-0.1, -0.05) is 0 Å². The molecule has 4 nitrogen and oxygen atoms in total. The van der Waals surface area contributed by atoms with Crippen molar-refractivity contribution in [2.75, 3.05) is 12.8 Å². The van der Waals surface area contributed by atoms with Crippen LogP contribution in [0.2, 0.25) is 0 Å². The minimum atomic E-state index is -0.483. The summed E-state index contributed by atoms with van der Waals surface area (Å²) in [5.41, 5.74) is 13.1. The molecule has 1 amide bonds. The molecule has 0 aromatic heterocycles. The van der Waals surface area contributed by atoms with Crippen molar-refractivity contribution in [1.82, 2.24) is 0 Å². The highest BCUT2D eigenvalue weighted by atomic mass is 16.5. The number of primary amides is 1. The molecule has 1 aromatic rings. The van der Waals surface area contributed by atoms with Crippen LogP contribution in [0.5, 0.6) is 5.75 Å². The summed E-state index contributed by atoms with van der Waals surface area (Å²) in [4.78, 5) is 10.6. The van der Waals surface area contributed by atoms with Crippen molar-refractivity contribution in [3.8, 4) is 5.75 Å². The van der Waals surface area contributed by atoms with E-state index in [9.17, 15) is 4.79 Å². The first-order valence-corrected chi connectivity index (χ1v) is 4.46. The van der Waals surface area contributed by atoms with Crippen molar-refractivity contribution >= 4 is 17.7 Å². The van der Waals surface area contributed by atoms with Gasteiger partial charge in [0.1, 0.15) is 5.75 Å². The normalized spacial score (nSPS) is 10.5. The van der Waals surface area contributed by atoms with Crippen LogP contribution in [-0.4, -0.2) is 13.0 Å². The largest absolute Gasteiger partial charge is 0.495 e. The van der Waals surface area contributed by atoms with E-state index in [-0.39, 0.29) is 0 Å². The van der Waals surface area contributed by atoms with E-state index in [0.29, 0.717) is 11.4 Å². The maximum atomic E-state index is 10.6. The highest BCUT2D eigenvalue weighted by Crippen LogP contribution is 2.27. The van der Waals surface area contributed by atoms with Crippen LogP contribution in [0.4, 0.5) is 5.69 Å². The number of nitrogen functional groups attached to an aromatic ring is 1. The van der Waals surface area contributed by atoms with Gasteiger partial charge in [0.15, 0.2) is 0 Å². The van der Waals surface area contributed by atoms with Crippen molar-refractivity contribution in [2.24, 2.45) is 5.73 Å². The second kappa shape index (κ2) is 4.50. The van der Waals surface area contributed by atoms with Gasteiger partial charge in [0, 0.05) is 6.08 Å². The molecule has 1 rings (SSSR count). The van der Waals surface area contributed by atoms with Crippen LogP contribution in [0.3, 0.4) is 0 Å². The van der Waals surface area contributed by atoms with E-state index in [2.05, 4.69) is 0 Å². The Morgan fingerprint density at radius 3 is 2.67 bits per heavy atom. The lowest BCUT2D eigenvalue weighted by Crippen LogP contribution is -2.05. The Balaban J connectivity index is 3.11. The van der Waals surface area contributed by atoms with E-state index in [1.165, 1.54) is 6.08 Å². The van der Waals surface area contributed by atoms with Crippen LogP contribution in [0.25, 0.3) is 6.08 Å². The number of rotatable bonds is 3. The van der Waals surface area contributed by atoms with Gasteiger partial charge in [-0.3, -0.25) is 4.79 Å². The Morgan fingerprint density at radius 1 is 1.47 bits per heavy atom. The minimum Gasteiger partial charge on any atom is -0.495 e. The number of benzene rings is 1. The van der Waals surface area contributed by atoms with Crippen molar-refractivity contribution < 1.29 is 9.53 Å². The molecule has 0 aliphatic heterocycles. The molecule has 0 radical (unpaired) electrons. The number of nitrogens with two attached hydrogens (primary N) is 2. The molecule has 0 unspecified atom stereocenters. The quantitative estimate of drug-likeness (QED) is 0.574. The van der Waals surface area contributed by atoms with Crippen LogP contribution in [0.1, 0.15) is 11.1 Å².